The molecule has 0 unspecified atom stereocenters. The molecule has 1 aliphatic heterocycles. The number of hydrogen-bond donors (Lipinski definition) is 1. The van der Waals surface area contributed by atoms with Crippen LogP contribution >= 0.6 is 11.6 Å². The van der Waals surface area contributed by atoms with Crippen molar-refractivity contribution < 1.29 is 18.7 Å². The van der Waals surface area contributed by atoms with Crippen LogP contribution in [0.5, 0.6) is 0 Å². The van der Waals surface area contributed by atoms with Gasteiger partial charge in [0.25, 0.3) is 6.43 Å². The lowest BCUT2D eigenvalue weighted by Crippen LogP contribution is -2.51. The summed E-state index contributed by atoms with van der Waals surface area (Å²) in [4.78, 5) is 12.1. The molecule has 0 saturated heterocycles. The number of carbonyl (C=O) groups is 1. The van der Waals surface area contributed by atoms with Crippen molar-refractivity contribution in [3.63, 3.8) is 0 Å². The maximum atomic E-state index is 13.0. The van der Waals surface area contributed by atoms with E-state index in [-0.39, 0.29) is 18.6 Å². The van der Waals surface area contributed by atoms with E-state index in [0.717, 1.165) is 0 Å². The molecule has 4 nitrogen and oxygen atoms in total. The first-order valence-electron chi connectivity index (χ1n) is 5.95. The highest BCUT2D eigenvalue weighted by Crippen LogP contribution is 2.31. The SMILES string of the molecule is CC1=NN(C(=O)Cc2ccc(Cl)cc2)[C@@](O)(C(F)F)C1. The van der Waals surface area contributed by atoms with Crippen LogP contribution in [0.4, 0.5) is 8.78 Å². The van der Waals surface area contributed by atoms with Gasteiger partial charge in [0, 0.05) is 17.2 Å². The Balaban J connectivity index is 2.17. The van der Waals surface area contributed by atoms with Crippen molar-refractivity contribution in [3.8, 4) is 0 Å². The summed E-state index contributed by atoms with van der Waals surface area (Å²) in [6, 6.07) is 6.44. The third-order valence-corrected chi connectivity index (χ3v) is 3.26. The number of amides is 1. The molecule has 0 spiro atoms. The standard InChI is InChI=1S/C13H13ClF2N2O2/c1-8-7-13(20,12(15)16)18(17-8)11(19)6-9-2-4-10(14)5-3-9/h2-5,12,20H,6-7H2,1H3/t13-/m0/s1. The molecule has 1 N–H and O–H groups in total. The first-order chi connectivity index (χ1) is 9.33. The molecule has 1 atom stereocenters. The van der Waals surface area contributed by atoms with Gasteiger partial charge in [0.15, 0.2) is 0 Å². The van der Waals surface area contributed by atoms with Crippen LogP contribution in [0.1, 0.15) is 18.9 Å². The van der Waals surface area contributed by atoms with Crippen LogP contribution < -0.4 is 0 Å². The summed E-state index contributed by atoms with van der Waals surface area (Å²) in [5.41, 5.74) is -1.65. The Morgan fingerprint density at radius 3 is 2.65 bits per heavy atom. The van der Waals surface area contributed by atoms with E-state index in [9.17, 15) is 18.7 Å². The Morgan fingerprint density at radius 1 is 1.50 bits per heavy atom. The number of rotatable bonds is 3. The van der Waals surface area contributed by atoms with E-state index in [2.05, 4.69) is 5.10 Å². The van der Waals surface area contributed by atoms with Gasteiger partial charge in [-0.2, -0.15) is 10.1 Å². The number of carbonyl (C=O) groups excluding carboxylic acids is 1. The Morgan fingerprint density at radius 2 is 2.10 bits per heavy atom. The fourth-order valence-electron chi connectivity index (χ4n) is 2.04. The molecular weight excluding hydrogens is 290 g/mol. The van der Waals surface area contributed by atoms with E-state index in [1.54, 1.807) is 24.3 Å². The van der Waals surface area contributed by atoms with Gasteiger partial charge in [-0.15, -0.1) is 0 Å². The molecule has 20 heavy (non-hydrogen) atoms. The third kappa shape index (κ3) is 2.81. The first kappa shape index (κ1) is 14.9. The van der Waals surface area contributed by atoms with Crippen LogP contribution in [0.25, 0.3) is 0 Å². The van der Waals surface area contributed by atoms with Gasteiger partial charge in [0.2, 0.25) is 11.6 Å². The topological polar surface area (TPSA) is 52.9 Å². The van der Waals surface area contributed by atoms with Gasteiger partial charge in [-0.3, -0.25) is 4.79 Å². The Hall–Kier alpha value is -1.53. The number of aliphatic hydroxyl groups is 1. The summed E-state index contributed by atoms with van der Waals surface area (Å²) in [6.07, 6.45) is -3.57. The minimum absolute atomic E-state index is 0.136. The minimum atomic E-state index is -3.09. The highest BCUT2D eigenvalue weighted by Gasteiger charge is 2.50. The number of hydrogen-bond acceptors (Lipinski definition) is 3. The van der Waals surface area contributed by atoms with Gasteiger partial charge in [-0.05, 0) is 24.6 Å². The lowest BCUT2D eigenvalue weighted by Gasteiger charge is -2.30. The summed E-state index contributed by atoms with van der Waals surface area (Å²) in [6.45, 7) is 1.49. The van der Waals surface area contributed by atoms with Crippen molar-refractivity contribution in [2.45, 2.75) is 31.9 Å². The van der Waals surface area contributed by atoms with Crippen molar-refractivity contribution in [2.24, 2.45) is 5.10 Å². The summed E-state index contributed by atoms with van der Waals surface area (Å²) in [5, 5.41) is 14.6. The zero-order valence-corrected chi connectivity index (χ0v) is 11.4. The van der Waals surface area contributed by atoms with Crippen LogP contribution in [-0.2, 0) is 11.2 Å². The summed E-state index contributed by atoms with van der Waals surface area (Å²) >= 11 is 5.72. The van der Waals surface area contributed by atoms with E-state index in [0.29, 0.717) is 15.6 Å². The zero-order chi connectivity index (χ0) is 14.9. The quantitative estimate of drug-likeness (QED) is 0.932. The normalized spacial score (nSPS) is 22.3. The smallest absolute Gasteiger partial charge is 0.287 e. The van der Waals surface area contributed by atoms with Gasteiger partial charge in [0.05, 0.1) is 6.42 Å². The Labute approximate surface area is 119 Å². The monoisotopic (exact) mass is 302 g/mol. The molecule has 1 aliphatic rings. The second-order valence-electron chi connectivity index (χ2n) is 4.70. The third-order valence-electron chi connectivity index (χ3n) is 3.01. The van der Waals surface area contributed by atoms with E-state index in [1.807, 2.05) is 0 Å². The van der Waals surface area contributed by atoms with Crippen LogP contribution in [0.3, 0.4) is 0 Å². The fourth-order valence-corrected chi connectivity index (χ4v) is 2.16. The second-order valence-corrected chi connectivity index (χ2v) is 5.14. The summed E-state index contributed by atoms with van der Waals surface area (Å²) in [5.74, 6) is -0.688. The van der Waals surface area contributed by atoms with Gasteiger partial charge in [0.1, 0.15) is 0 Å². The molecule has 0 bridgehead atoms. The van der Waals surface area contributed by atoms with Crippen molar-refractivity contribution in [2.75, 3.05) is 0 Å². The molecule has 108 valence electrons. The van der Waals surface area contributed by atoms with Gasteiger partial charge >= 0.3 is 0 Å². The average molecular weight is 303 g/mol. The van der Waals surface area contributed by atoms with Crippen LogP contribution in [-0.4, -0.2) is 33.9 Å². The molecule has 2 rings (SSSR count). The highest BCUT2D eigenvalue weighted by molar-refractivity contribution is 6.30. The Bertz CT molecular complexity index is 548. The second kappa shape index (κ2) is 5.46. The Kier molecular flexibility index (Phi) is 4.06. The molecule has 0 saturated carbocycles. The van der Waals surface area contributed by atoms with Gasteiger partial charge in [-0.1, -0.05) is 23.7 Å². The lowest BCUT2D eigenvalue weighted by atomic mass is 10.1. The number of benzene rings is 1. The molecule has 1 amide bonds. The zero-order valence-electron chi connectivity index (χ0n) is 10.7. The van der Waals surface area contributed by atoms with Crippen molar-refractivity contribution in [1.82, 2.24) is 5.01 Å². The summed E-state index contributed by atoms with van der Waals surface area (Å²) in [7, 11) is 0. The molecule has 0 fully saturated rings. The van der Waals surface area contributed by atoms with Crippen molar-refractivity contribution >= 4 is 23.2 Å². The van der Waals surface area contributed by atoms with E-state index in [4.69, 9.17) is 11.6 Å². The molecule has 0 radical (unpaired) electrons. The minimum Gasteiger partial charge on any atom is -0.364 e. The highest BCUT2D eigenvalue weighted by atomic mass is 35.5. The van der Waals surface area contributed by atoms with Crippen LogP contribution in [0, 0.1) is 0 Å². The largest absolute Gasteiger partial charge is 0.364 e. The number of hydrazone groups is 1. The van der Waals surface area contributed by atoms with E-state index >= 15 is 0 Å². The maximum absolute atomic E-state index is 13.0. The van der Waals surface area contributed by atoms with Gasteiger partial charge in [-0.25, -0.2) is 8.78 Å². The molecular formula is C13H13ClF2N2O2. The molecule has 1 aromatic rings. The van der Waals surface area contributed by atoms with Crippen LogP contribution in [0.2, 0.25) is 5.02 Å². The summed E-state index contributed by atoms with van der Waals surface area (Å²) < 4.78 is 25.9. The van der Waals surface area contributed by atoms with Crippen LogP contribution in [0.15, 0.2) is 29.4 Å². The molecule has 0 aliphatic carbocycles. The lowest BCUT2D eigenvalue weighted by molar-refractivity contribution is -0.191. The first-order valence-corrected chi connectivity index (χ1v) is 6.33. The molecule has 1 heterocycles. The average Bonchev–Trinajstić information content (AvgIpc) is 2.69. The predicted molar refractivity (Wildman–Crippen MR) is 70.7 cm³/mol. The van der Waals surface area contributed by atoms with E-state index < -0.39 is 18.1 Å². The van der Waals surface area contributed by atoms with Crippen molar-refractivity contribution in [3.05, 3.63) is 34.9 Å². The fraction of sp³-hybridized carbons (Fsp3) is 0.385. The molecule has 7 heteroatoms. The van der Waals surface area contributed by atoms with Crippen molar-refractivity contribution in [1.29, 1.82) is 0 Å². The predicted octanol–water partition coefficient (Wildman–Crippen LogP) is 2.44. The van der Waals surface area contributed by atoms with Gasteiger partial charge < -0.3 is 5.11 Å². The number of alkyl halides is 2. The van der Waals surface area contributed by atoms with E-state index in [1.165, 1.54) is 6.92 Å². The molecule has 1 aromatic carbocycles. The molecule has 0 aromatic heterocycles. The maximum Gasteiger partial charge on any atom is 0.287 e. The number of nitrogens with zero attached hydrogens (tertiary/aromatic N) is 2. The number of halogens is 3.